The summed E-state index contributed by atoms with van der Waals surface area (Å²) in [6.07, 6.45) is 6.43. The van der Waals surface area contributed by atoms with Gasteiger partial charge in [0.25, 0.3) is 5.91 Å². The lowest BCUT2D eigenvalue weighted by Crippen LogP contribution is -2.47. The third kappa shape index (κ3) is 3.88. The largest absolute Gasteiger partial charge is 0.364 e. The maximum Gasteiger partial charge on any atom is 0.274 e. The van der Waals surface area contributed by atoms with E-state index in [9.17, 15) is 9.59 Å². The van der Waals surface area contributed by atoms with Gasteiger partial charge in [-0.05, 0) is 23.3 Å². The minimum atomic E-state index is -0.619. The zero-order valence-electron chi connectivity index (χ0n) is 17.0. The molecule has 3 aromatic rings. The second kappa shape index (κ2) is 8.07. The van der Waals surface area contributed by atoms with E-state index in [4.69, 9.17) is 0 Å². The molecule has 2 N–H and O–H groups in total. The molecule has 1 unspecified atom stereocenters. The minimum absolute atomic E-state index is 0.120. The van der Waals surface area contributed by atoms with Gasteiger partial charge < -0.3 is 15.2 Å². The second-order valence-electron chi connectivity index (χ2n) is 7.72. The molecule has 2 atom stereocenters. The molecule has 5 rings (SSSR count). The molecule has 1 saturated heterocycles. The smallest absolute Gasteiger partial charge is 0.274 e. The van der Waals surface area contributed by atoms with Crippen molar-refractivity contribution in [2.24, 2.45) is 0 Å². The molecule has 3 heterocycles. The molecular weight excluding hydrogens is 412 g/mol. The Morgan fingerprint density at radius 2 is 2.13 bits per heavy atom. The first-order valence-corrected chi connectivity index (χ1v) is 11.2. The third-order valence-electron chi connectivity index (χ3n) is 5.64. The number of likely N-dealkylation sites (N-methyl/N-ethyl adjacent to an activating group) is 1. The van der Waals surface area contributed by atoms with Gasteiger partial charge in [-0.25, -0.2) is 4.68 Å². The van der Waals surface area contributed by atoms with Gasteiger partial charge in [0.05, 0.1) is 18.0 Å². The lowest BCUT2D eigenvalue weighted by Gasteiger charge is -2.28. The highest BCUT2D eigenvalue weighted by Crippen LogP contribution is 2.35. The van der Waals surface area contributed by atoms with Crippen LogP contribution in [0.25, 0.3) is 6.08 Å². The van der Waals surface area contributed by atoms with E-state index in [0.29, 0.717) is 12.3 Å². The monoisotopic (exact) mass is 434 g/mol. The van der Waals surface area contributed by atoms with Crippen LogP contribution in [0.15, 0.2) is 54.5 Å². The molecule has 9 heteroatoms. The Morgan fingerprint density at radius 1 is 1.29 bits per heavy atom. The number of aromatic nitrogens is 4. The van der Waals surface area contributed by atoms with E-state index in [2.05, 4.69) is 26.7 Å². The van der Waals surface area contributed by atoms with Crippen molar-refractivity contribution >= 4 is 29.7 Å². The summed E-state index contributed by atoms with van der Waals surface area (Å²) in [6.45, 7) is 0.526. The Labute approximate surface area is 183 Å². The van der Waals surface area contributed by atoms with Crippen LogP contribution in [0.1, 0.15) is 27.3 Å². The number of carbonyl (C=O) groups is 2. The van der Waals surface area contributed by atoms with E-state index >= 15 is 0 Å². The summed E-state index contributed by atoms with van der Waals surface area (Å²) in [7, 11) is 1.78. The van der Waals surface area contributed by atoms with Gasteiger partial charge in [0.1, 0.15) is 6.04 Å². The van der Waals surface area contributed by atoms with Gasteiger partial charge in [-0.3, -0.25) is 9.59 Å². The van der Waals surface area contributed by atoms with E-state index < -0.39 is 11.9 Å². The highest BCUT2D eigenvalue weighted by molar-refractivity contribution is 8.00. The van der Waals surface area contributed by atoms with Crippen molar-refractivity contribution in [1.29, 1.82) is 0 Å². The number of benzene rings is 1. The van der Waals surface area contributed by atoms with Gasteiger partial charge in [-0.15, -0.1) is 16.9 Å². The molecule has 0 spiro atoms. The Kier molecular flexibility index (Phi) is 5.11. The van der Waals surface area contributed by atoms with Gasteiger partial charge in [0.15, 0.2) is 5.69 Å². The van der Waals surface area contributed by atoms with Crippen molar-refractivity contribution in [2.45, 2.75) is 24.3 Å². The van der Waals surface area contributed by atoms with Crippen molar-refractivity contribution in [1.82, 2.24) is 30.2 Å². The van der Waals surface area contributed by atoms with E-state index in [0.717, 1.165) is 23.2 Å². The molecule has 2 aliphatic rings. The summed E-state index contributed by atoms with van der Waals surface area (Å²) in [5, 5.41) is 11.1. The number of fused-ring (bicyclic) bond motifs is 2. The highest BCUT2D eigenvalue weighted by Gasteiger charge is 2.36. The lowest BCUT2D eigenvalue weighted by molar-refractivity contribution is -0.129. The molecule has 1 aromatic carbocycles. The Hall–Kier alpha value is -3.33. The maximum atomic E-state index is 13.1. The fourth-order valence-electron chi connectivity index (χ4n) is 3.96. The average Bonchev–Trinajstić information content (AvgIpc) is 3.42. The molecule has 2 amide bonds. The quantitative estimate of drug-likeness (QED) is 0.654. The SMILES string of the molecule is CN1C(=O)[C@@H](NC(=O)c2cn(Cc3ccccc3)nn2)CSC2Cc3[nH]ccc3C=C21. The predicted molar refractivity (Wildman–Crippen MR) is 118 cm³/mol. The van der Waals surface area contributed by atoms with Crippen molar-refractivity contribution < 1.29 is 9.59 Å². The summed E-state index contributed by atoms with van der Waals surface area (Å²) >= 11 is 1.69. The van der Waals surface area contributed by atoms with Crippen LogP contribution in [0.4, 0.5) is 0 Å². The molecule has 8 nitrogen and oxygen atoms in total. The van der Waals surface area contributed by atoms with Crippen molar-refractivity contribution in [3.05, 3.63) is 77.0 Å². The van der Waals surface area contributed by atoms with Crippen LogP contribution in [0.5, 0.6) is 0 Å². The van der Waals surface area contributed by atoms with E-state index in [1.807, 2.05) is 42.6 Å². The first-order valence-electron chi connectivity index (χ1n) is 10.1. The molecular formula is C22H22N6O2S. The lowest BCUT2D eigenvalue weighted by atomic mass is 10.0. The number of hydrogen-bond acceptors (Lipinski definition) is 5. The first kappa shape index (κ1) is 19.6. The van der Waals surface area contributed by atoms with Crippen LogP contribution in [0, 0.1) is 0 Å². The molecule has 0 saturated carbocycles. The van der Waals surface area contributed by atoms with E-state index in [1.54, 1.807) is 34.6 Å². The topological polar surface area (TPSA) is 95.9 Å². The van der Waals surface area contributed by atoms with Crippen LogP contribution in [-0.4, -0.2) is 60.8 Å². The fourth-order valence-corrected chi connectivity index (χ4v) is 5.29. The maximum absolute atomic E-state index is 13.1. The Bertz CT molecular complexity index is 1150. The summed E-state index contributed by atoms with van der Waals surface area (Å²) in [5.41, 5.74) is 4.54. The molecule has 1 fully saturated rings. The van der Waals surface area contributed by atoms with E-state index in [1.165, 1.54) is 5.69 Å². The Morgan fingerprint density at radius 3 is 2.97 bits per heavy atom. The standard InChI is InChI=1S/C22H22N6O2S/c1-27-19-9-15-7-8-23-16(15)10-20(19)31-13-18(22(27)30)24-21(29)17-12-28(26-25-17)11-14-5-3-2-4-6-14/h2-9,12,18,20,23H,10-11,13H2,1H3,(H,24,29)/t18-,20?/m0/s1. The number of nitrogens with zero attached hydrogens (tertiary/aromatic N) is 4. The van der Waals surface area contributed by atoms with Gasteiger partial charge in [-0.1, -0.05) is 35.5 Å². The van der Waals surface area contributed by atoms with Crippen molar-refractivity contribution in [3.63, 3.8) is 0 Å². The summed E-state index contributed by atoms with van der Waals surface area (Å²) in [6, 6.07) is 11.2. The second-order valence-corrected chi connectivity index (χ2v) is 8.95. The average molecular weight is 435 g/mol. The van der Waals surface area contributed by atoms with Crippen LogP contribution < -0.4 is 5.32 Å². The number of hydrogen-bond donors (Lipinski definition) is 2. The van der Waals surface area contributed by atoms with Crippen LogP contribution in [0.2, 0.25) is 0 Å². The summed E-state index contributed by atoms with van der Waals surface area (Å²) in [4.78, 5) is 30.8. The minimum Gasteiger partial charge on any atom is -0.364 e. The number of thioether (sulfide) groups is 1. The van der Waals surface area contributed by atoms with Gasteiger partial charge in [0, 0.05) is 36.8 Å². The Balaban J connectivity index is 1.28. The number of amides is 2. The van der Waals surface area contributed by atoms with Crippen LogP contribution in [-0.2, 0) is 17.8 Å². The first-order chi connectivity index (χ1) is 15.1. The molecule has 0 radical (unpaired) electrons. The molecule has 0 bridgehead atoms. The van der Waals surface area contributed by atoms with Crippen molar-refractivity contribution in [3.8, 4) is 0 Å². The van der Waals surface area contributed by atoms with Gasteiger partial charge in [0.2, 0.25) is 5.91 Å². The highest BCUT2D eigenvalue weighted by atomic mass is 32.2. The van der Waals surface area contributed by atoms with Crippen LogP contribution >= 0.6 is 11.8 Å². The number of rotatable bonds is 4. The molecule has 1 aliphatic carbocycles. The number of carbonyl (C=O) groups excluding carboxylic acids is 2. The summed E-state index contributed by atoms with van der Waals surface area (Å²) in [5.74, 6) is -0.00789. The summed E-state index contributed by atoms with van der Waals surface area (Å²) < 4.78 is 1.62. The van der Waals surface area contributed by atoms with Gasteiger partial charge in [-0.2, -0.15) is 0 Å². The normalized spacial score (nSPS) is 20.5. The van der Waals surface area contributed by atoms with E-state index in [-0.39, 0.29) is 16.9 Å². The fraction of sp³-hybridized carbons (Fsp3) is 0.273. The number of H-pyrrole nitrogens is 1. The molecule has 1 aliphatic heterocycles. The third-order valence-corrected chi connectivity index (χ3v) is 6.97. The molecule has 31 heavy (non-hydrogen) atoms. The number of aromatic amines is 1. The van der Waals surface area contributed by atoms with Crippen molar-refractivity contribution in [2.75, 3.05) is 12.8 Å². The zero-order chi connectivity index (χ0) is 21.4. The zero-order valence-corrected chi connectivity index (χ0v) is 17.8. The predicted octanol–water partition coefficient (Wildman–Crippen LogP) is 1.92. The molecule has 2 aromatic heterocycles. The molecule has 158 valence electrons. The number of nitrogens with one attached hydrogen (secondary N) is 2. The van der Waals surface area contributed by atoms with Gasteiger partial charge >= 0.3 is 0 Å². The van der Waals surface area contributed by atoms with Crippen LogP contribution in [0.3, 0.4) is 0 Å².